The van der Waals surface area contributed by atoms with Gasteiger partial charge in [-0.1, -0.05) is 43.0 Å². The fourth-order valence-corrected chi connectivity index (χ4v) is 4.19. The van der Waals surface area contributed by atoms with Crippen molar-refractivity contribution in [1.82, 2.24) is 4.57 Å². The van der Waals surface area contributed by atoms with Crippen molar-refractivity contribution in [3.8, 4) is 0 Å². The van der Waals surface area contributed by atoms with Crippen LogP contribution in [0.1, 0.15) is 53.9 Å². The minimum absolute atomic E-state index is 0.108. The Kier molecular flexibility index (Phi) is 4.73. The summed E-state index contributed by atoms with van der Waals surface area (Å²) in [4.78, 5) is 12.8. The van der Waals surface area contributed by atoms with E-state index < -0.39 is 0 Å². The first kappa shape index (κ1) is 17.2. The standard InChI is InChI=1S/C22H23ClN2O/c1-25-14-20(19-13-17(23)9-12-21(19)25)22(26)24-18-10-7-16(8-11-18)15-5-3-2-4-6-15/h7-15H,2-6H2,1H3,(H,24,26). The monoisotopic (exact) mass is 366 g/mol. The molecule has 1 saturated carbocycles. The summed E-state index contributed by atoms with van der Waals surface area (Å²) in [5, 5.41) is 4.52. The zero-order valence-corrected chi connectivity index (χ0v) is 15.7. The quantitative estimate of drug-likeness (QED) is 0.594. The molecule has 3 aromatic rings. The Labute approximate surface area is 159 Å². The Morgan fingerprint density at radius 3 is 2.54 bits per heavy atom. The van der Waals surface area contributed by atoms with Crippen molar-refractivity contribution in [3.63, 3.8) is 0 Å². The average Bonchev–Trinajstić information content (AvgIpc) is 2.99. The molecule has 0 spiro atoms. The number of fused-ring (bicyclic) bond motifs is 1. The van der Waals surface area contributed by atoms with Gasteiger partial charge in [0.25, 0.3) is 5.91 Å². The summed E-state index contributed by atoms with van der Waals surface area (Å²) in [6, 6.07) is 14.0. The van der Waals surface area contributed by atoms with Crippen LogP contribution in [0.3, 0.4) is 0 Å². The van der Waals surface area contributed by atoms with E-state index in [0.717, 1.165) is 16.6 Å². The highest BCUT2D eigenvalue weighted by Gasteiger charge is 2.17. The molecule has 3 nitrogen and oxygen atoms in total. The lowest BCUT2D eigenvalue weighted by Gasteiger charge is -2.22. The maximum Gasteiger partial charge on any atom is 0.257 e. The van der Waals surface area contributed by atoms with Gasteiger partial charge in [-0.2, -0.15) is 0 Å². The fraction of sp³-hybridized carbons (Fsp3) is 0.318. The van der Waals surface area contributed by atoms with E-state index >= 15 is 0 Å². The van der Waals surface area contributed by atoms with Crippen molar-refractivity contribution in [3.05, 3.63) is 64.8 Å². The van der Waals surface area contributed by atoms with E-state index in [2.05, 4.69) is 17.4 Å². The van der Waals surface area contributed by atoms with Crippen LogP contribution in [0.15, 0.2) is 48.7 Å². The number of anilines is 1. The van der Waals surface area contributed by atoms with Crippen LogP contribution in [0, 0.1) is 0 Å². The Morgan fingerprint density at radius 2 is 1.81 bits per heavy atom. The van der Waals surface area contributed by atoms with Crippen LogP contribution in [-0.4, -0.2) is 10.5 Å². The lowest BCUT2D eigenvalue weighted by atomic mass is 9.84. The second-order valence-electron chi connectivity index (χ2n) is 7.23. The third kappa shape index (κ3) is 3.36. The third-order valence-corrected chi connectivity index (χ3v) is 5.68. The van der Waals surface area contributed by atoms with Crippen molar-refractivity contribution in [2.45, 2.75) is 38.0 Å². The van der Waals surface area contributed by atoms with Crippen molar-refractivity contribution in [2.75, 3.05) is 5.32 Å². The number of nitrogens with zero attached hydrogens (tertiary/aromatic N) is 1. The second-order valence-corrected chi connectivity index (χ2v) is 7.66. The normalized spacial score (nSPS) is 15.3. The van der Waals surface area contributed by atoms with E-state index in [0.29, 0.717) is 16.5 Å². The molecule has 1 aromatic heterocycles. The number of aromatic nitrogens is 1. The van der Waals surface area contributed by atoms with Gasteiger partial charge in [0.1, 0.15) is 0 Å². The van der Waals surface area contributed by atoms with Crippen molar-refractivity contribution in [2.24, 2.45) is 7.05 Å². The number of carbonyl (C=O) groups excluding carboxylic acids is 1. The summed E-state index contributed by atoms with van der Waals surface area (Å²) >= 11 is 6.12. The first-order chi connectivity index (χ1) is 12.6. The first-order valence-electron chi connectivity index (χ1n) is 9.28. The molecular formula is C22H23ClN2O. The van der Waals surface area contributed by atoms with E-state index in [1.165, 1.54) is 37.7 Å². The molecule has 1 N–H and O–H groups in total. The zero-order chi connectivity index (χ0) is 18.1. The van der Waals surface area contributed by atoms with Crippen LogP contribution in [0.5, 0.6) is 0 Å². The van der Waals surface area contributed by atoms with Crippen LogP contribution in [0.25, 0.3) is 10.9 Å². The van der Waals surface area contributed by atoms with Gasteiger partial charge in [-0.05, 0) is 54.7 Å². The second kappa shape index (κ2) is 7.16. The Hall–Kier alpha value is -2.26. The molecular weight excluding hydrogens is 344 g/mol. The van der Waals surface area contributed by atoms with Gasteiger partial charge in [0, 0.05) is 34.9 Å². The van der Waals surface area contributed by atoms with Gasteiger partial charge < -0.3 is 9.88 Å². The summed E-state index contributed by atoms with van der Waals surface area (Å²) in [7, 11) is 1.94. The predicted octanol–water partition coefficient (Wildman–Crippen LogP) is 6.13. The molecule has 1 heterocycles. The summed E-state index contributed by atoms with van der Waals surface area (Å²) in [5.74, 6) is 0.567. The number of aryl methyl sites for hydroxylation is 1. The maximum absolute atomic E-state index is 12.8. The molecule has 134 valence electrons. The molecule has 26 heavy (non-hydrogen) atoms. The van der Waals surface area contributed by atoms with Crippen LogP contribution >= 0.6 is 11.6 Å². The summed E-state index contributed by atoms with van der Waals surface area (Å²) in [6.45, 7) is 0. The smallest absolute Gasteiger partial charge is 0.257 e. The first-order valence-corrected chi connectivity index (χ1v) is 9.65. The molecule has 0 saturated heterocycles. The van der Waals surface area contributed by atoms with E-state index in [9.17, 15) is 4.79 Å². The van der Waals surface area contributed by atoms with Crippen molar-refractivity contribution < 1.29 is 4.79 Å². The summed E-state index contributed by atoms with van der Waals surface area (Å²) in [5.41, 5.74) is 3.85. The largest absolute Gasteiger partial charge is 0.350 e. The molecule has 4 rings (SSSR count). The van der Waals surface area contributed by atoms with E-state index in [-0.39, 0.29) is 5.91 Å². The van der Waals surface area contributed by atoms with Gasteiger partial charge in [0.2, 0.25) is 0 Å². The van der Waals surface area contributed by atoms with Crippen LogP contribution in [0.4, 0.5) is 5.69 Å². The van der Waals surface area contributed by atoms with Gasteiger partial charge in [-0.15, -0.1) is 0 Å². The Morgan fingerprint density at radius 1 is 1.08 bits per heavy atom. The molecule has 1 aliphatic rings. The molecule has 1 fully saturated rings. The number of benzene rings is 2. The number of hydrogen-bond acceptors (Lipinski definition) is 1. The highest BCUT2D eigenvalue weighted by atomic mass is 35.5. The molecule has 0 unspecified atom stereocenters. The molecule has 4 heteroatoms. The van der Waals surface area contributed by atoms with Crippen molar-refractivity contribution >= 4 is 34.1 Å². The number of rotatable bonds is 3. The highest BCUT2D eigenvalue weighted by molar-refractivity contribution is 6.31. The Bertz CT molecular complexity index is 937. The minimum atomic E-state index is -0.108. The van der Waals surface area contributed by atoms with Crippen LogP contribution in [-0.2, 0) is 7.05 Å². The lowest BCUT2D eigenvalue weighted by Crippen LogP contribution is -2.11. The van der Waals surface area contributed by atoms with E-state index in [1.807, 2.05) is 48.1 Å². The molecule has 0 bridgehead atoms. The predicted molar refractivity (Wildman–Crippen MR) is 108 cm³/mol. The van der Waals surface area contributed by atoms with Crippen molar-refractivity contribution in [1.29, 1.82) is 0 Å². The SMILES string of the molecule is Cn1cc(C(=O)Nc2ccc(C3CCCCC3)cc2)c2cc(Cl)ccc21. The van der Waals surface area contributed by atoms with E-state index in [1.54, 1.807) is 0 Å². The highest BCUT2D eigenvalue weighted by Crippen LogP contribution is 2.33. The number of hydrogen-bond donors (Lipinski definition) is 1. The van der Waals surface area contributed by atoms with Crippen LogP contribution < -0.4 is 5.32 Å². The van der Waals surface area contributed by atoms with Gasteiger partial charge in [-0.25, -0.2) is 0 Å². The Balaban J connectivity index is 1.54. The fourth-order valence-electron chi connectivity index (χ4n) is 4.02. The van der Waals surface area contributed by atoms with Gasteiger partial charge in [0.15, 0.2) is 0 Å². The average molecular weight is 367 g/mol. The lowest BCUT2D eigenvalue weighted by molar-refractivity contribution is 0.102. The number of amides is 1. The van der Waals surface area contributed by atoms with Gasteiger partial charge >= 0.3 is 0 Å². The zero-order valence-electron chi connectivity index (χ0n) is 15.0. The molecule has 0 radical (unpaired) electrons. The summed E-state index contributed by atoms with van der Waals surface area (Å²) in [6.07, 6.45) is 8.43. The minimum Gasteiger partial charge on any atom is -0.350 e. The molecule has 0 aliphatic heterocycles. The molecule has 0 atom stereocenters. The number of halogens is 1. The topological polar surface area (TPSA) is 34.0 Å². The number of carbonyl (C=O) groups is 1. The van der Waals surface area contributed by atoms with Gasteiger partial charge in [0.05, 0.1) is 5.56 Å². The molecule has 1 amide bonds. The third-order valence-electron chi connectivity index (χ3n) is 5.44. The van der Waals surface area contributed by atoms with Crippen LogP contribution in [0.2, 0.25) is 5.02 Å². The molecule has 2 aromatic carbocycles. The maximum atomic E-state index is 12.8. The molecule has 1 aliphatic carbocycles. The summed E-state index contributed by atoms with van der Waals surface area (Å²) < 4.78 is 1.95. The van der Waals surface area contributed by atoms with E-state index in [4.69, 9.17) is 11.6 Å². The number of nitrogens with one attached hydrogen (secondary N) is 1. The van der Waals surface area contributed by atoms with Gasteiger partial charge in [-0.3, -0.25) is 4.79 Å².